The van der Waals surface area contributed by atoms with Crippen LogP contribution in [0.4, 0.5) is 5.69 Å². The predicted octanol–water partition coefficient (Wildman–Crippen LogP) is 3.76. The minimum Gasteiger partial charge on any atom is -0.494 e. The fraction of sp³-hybridized carbons (Fsp3) is 0.250. The van der Waals surface area contributed by atoms with Crippen molar-refractivity contribution >= 4 is 17.7 Å². The normalized spacial score (nSPS) is 10.5. The average Bonchev–Trinajstić information content (AvgIpc) is 2.65. The van der Waals surface area contributed by atoms with Gasteiger partial charge in [0.25, 0.3) is 0 Å². The second-order valence-corrected chi connectivity index (χ2v) is 5.21. The molecule has 0 aliphatic rings. The summed E-state index contributed by atoms with van der Waals surface area (Å²) in [6.07, 6.45) is 3.08. The molecule has 138 valence electrons. The first-order valence-corrected chi connectivity index (χ1v) is 8.13. The Bertz CT molecular complexity index is 786. The van der Waals surface area contributed by atoms with E-state index in [-0.39, 0.29) is 5.91 Å². The van der Waals surface area contributed by atoms with Gasteiger partial charge in [0.15, 0.2) is 11.5 Å². The summed E-state index contributed by atoms with van der Waals surface area (Å²) >= 11 is 0. The monoisotopic (exact) mass is 357 g/mol. The molecule has 0 atom stereocenters. The lowest BCUT2D eigenvalue weighted by Gasteiger charge is -2.14. The summed E-state index contributed by atoms with van der Waals surface area (Å²) in [7, 11) is 4.62. The predicted molar refractivity (Wildman–Crippen MR) is 101 cm³/mol. The fourth-order valence-corrected chi connectivity index (χ4v) is 2.44. The Balaban J connectivity index is 2.16. The van der Waals surface area contributed by atoms with E-state index in [1.807, 2.05) is 19.1 Å². The SMILES string of the molecule is CCOc1cccc(NC(=O)/C=C/c2ccc(OC)c(OC)c2OC)c1. The molecule has 6 nitrogen and oxygen atoms in total. The van der Waals surface area contributed by atoms with Crippen LogP contribution >= 0.6 is 0 Å². The Kier molecular flexibility index (Phi) is 6.91. The Morgan fingerprint density at radius 2 is 1.81 bits per heavy atom. The van der Waals surface area contributed by atoms with E-state index in [0.717, 1.165) is 0 Å². The second kappa shape index (κ2) is 9.36. The van der Waals surface area contributed by atoms with E-state index in [1.54, 1.807) is 37.5 Å². The molecule has 0 aliphatic carbocycles. The highest BCUT2D eigenvalue weighted by molar-refractivity contribution is 6.02. The standard InChI is InChI=1S/C20H23NO5/c1-5-26-16-8-6-7-15(13-16)21-18(22)12-10-14-9-11-17(23-2)20(25-4)19(14)24-3/h6-13H,5H2,1-4H3,(H,21,22)/b12-10+. The van der Waals surface area contributed by atoms with Gasteiger partial charge in [-0.25, -0.2) is 0 Å². The van der Waals surface area contributed by atoms with Crippen LogP contribution in [0.2, 0.25) is 0 Å². The number of benzene rings is 2. The van der Waals surface area contributed by atoms with E-state index >= 15 is 0 Å². The van der Waals surface area contributed by atoms with Crippen LogP contribution in [0, 0.1) is 0 Å². The zero-order valence-corrected chi connectivity index (χ0v) is 15.4. The number of carbonyl (C=O) groups is 1. The van der Waals surface area contributed by atoms with Crippen molar-refractivity contribution in [3.63, 3.8) is 0 Å². The van der Waals surface area contributed by atoms with Crippen molar-refractivity contribution in [2.24, 2.45) is 0 Å². The Hall–Kier alpha value is -3.15. The maximum Gasteiger partial charge on any atom is 0.248 e. The zero-order valence-electron chi connectivity index (χ0n) is 15.4. The van der Waals surface area contributed by atoms with Gasteiger partial charge in [0, 0.05) is 23.4 Å². The van der Waals surface area contributed by atoms with Crippen LogP contribution in [0.15, 0.2) is 42.5 Å². The second-order valence-electron chi connectivity index (χ2n) is 5.21. The first-order valence-electron chi connectivity index (χ1n) is 8.13. The van der Waals surface area contributed by atoms with Gasteiger partial charge >= 0.3 is 0 Å². The van der Waals surface area contributed by atoms with Gasteiger partial charge in [-0.15, -0.1) is 0 Å². The van der Waals surface area contributed by atoms with E-state index in [4.69, 9.17) is 18.9 Å². The summed E-state index contributed by atoms with van der Waals surface area (Å²) in [5.41, 5.74) is 1.35. The molecule has 0 saturated carbocycles. The molecule has 0 bridgehead atoms. The molecule has 2 rings (SSSR count). The molecule has 0 aliphatic heterocycles. The number of hydrogen-bond acceptors (Lipinski definition) is 5. The molecule has 2 aromatic rings. The van der Waals surface area contributed by atoms with Crippen molar-refractivity contribution in [2.75, 3.05) is 33.3 Å². The highest BCUT2D eigenvalue weighted by Crippen LogP contribution is 2.40. The van der Waals surface area contributed by atoms with E-state index in [1.165, 1.54) is 20.3 Å². The first kappa shape index (κ1) is 19.2. The number of anilines is 1. The third-order valence-electron chi connectivity index (χ3n) is 3.56. The molecule has 0 aromatic heterocycles. The molecular weight excluding hydrogens is 334 g/mol. The van der Waals surface area contributed by atoms with Crippen LogP contribution in [-0.4, -0.2) is 33.8 Å². The van der Waals surface area contributed by atoms with Crippen LogP contribution in [0.25, 0.3) is 6.08 Å². The number of carbonyl (C=O) groups excluding carboxylic acids is 1. The van der Waals surface area contributed by atoms with Crippen molar-refractivity contribution in [1.82, 2.24) is 0 Å². The average molecular weight is 357 g/mol. The molecule has 0 fully saturated rings. The first-order chi connectivity index (χ1) is 12.6. The number of methoxy groups -OCH3 is 3. The summed E-state index contributed by atoms with van der Waals surface area (Å²) < 4.78 is 21.4. The highest BCUT2D eigenvalue weighted by atomic mass is 16.5. The lowest BCUT2D eigenvalue weighted by molar-refractivity contribution is -0.111. The largest absolute Gasteiger partial charge is 0.494 e. The smallest absolute Gasteiger partial charge is 0.248 e. The number of amides is 1. The van der Waals surface area contributed by atoms with Crippen LogP contribution in [-0.2, 0) is 4.79 Å². The molecule has 0 spiro atoms. The van der Waals surface area contributed by atoms with Crippen molar-refractivity contribution < 1.29 is 23.7 Å². The van der Waals surface area contributed by atoms with Crippen LogP contribution in [0.1, 0.15) is 12.5 Å². The van der Waals surface area contributed by atoms with Gasteiger partial charge in [-0.1, -0.05) is 6.07 Å². The van der Waals surface area contributed by atoms with Crippen molar-refractivity contribution in [1.29, 1.82) is 0 Å². The number of ether oxygens (including phenoxy) is 4. The highest BCUT2D eigenvalue weighted by Gasteiger charge is 2.14. The molecule has 0 radical (unpaired) electrons. The lowest BCUT2D eigenvalue weighted by atomic mass is 10.1. The summed E-state index contributed by atoms with van der Waals surface area (Å²) in [5, 5.41) is 2.80. The van der Waals surface area contributed by atoms with E-state index in [9.17, 15) is 4.79 Å². The molecule has 0 saturated heterocycles. The minimum atomic E-state index is -0.268. The molecule has 6 heteroatoms. The molecule has 2 aromatic carbocycles. The Morgan fingerprint density at radius 3 is 2.46 bits per heavy atom. The molecule has 26 heavy (non-hydrogen) atoms. The van der Waals surface area contributed by atoms with Gasteiger partial charge in [-0.05, 0) is 37.3 Å². The molecule has 0 heterocycles. The molecule has 0 unspecified atom stereocenters. The van der Waals surface area contributed by atoms with Crippen molar-refractivity contribution in [3.05, 3.63) is 48.0 Å². The number of nitrogens with one attached hydrogen (secondary N) is 1. The van der Waals surface area contributed by atoms with Gasteiger partial charge in [0.2, 0.25) is 11.7 Å². The van der Waals surface area contributed by atoms with Gasteiger partial charge in [-0.3, -0.25) is 4.79 Å². The fourth-order valence-electron chi connectivity index (χ4n) is 2.44. The topological polar surface area (TPSA) is 66.0 Å². The maximum absolute atomic E-state index is 12.2. The minimum absolute atomic E-state index is 0.268. The van der Waals surface area contributed by atoms with E-state index < -0.39 is 0 Å². The number of hydrogen-bond donors (Lipinski definition) is 1. The van der Waals surface area contributed by atoms with Crippen molar-refractivity contribution in [2.45, 2.75) is 6.92 Å². The number of rotatable bonds is 8. The van der Waals surface area contributed by atoms with Crippen molar-refractivity contribution in [3.8, 4) is 23.0 Å². The molecule has 1 amide bonds. The lowest BCUT2D eigenvalue weighted by Crippen LogP contribution is -2.08. The third kappa shape index (κ3) is 4.69. The summed E-state index contributed by atoms with van der Waals surface area (Å²) in [6, 6.07) is 10.8. The van der Waals surface area contributed by atoms with E-state index in [0.29, 0.717) is 40.9 Å². The van der Waals surface area contributed by atoms with Crippen LogP contribution in [0.3, 0.4) is 0 Å². The van der Waals surface area contributed by atoms with Crippen LogP contribution in [0.5, 0.6) is 23.0 Å². The Labute approximate surface area is 153 Å². The van der Waals surface area contributed by atoms with Gasteiger partial charge in [0.05, 0.1) is 27.9 Å². The van der Waals surface area contributed by atoms with E-state index in [2.05, 4.69) is 5.32 Å². The molecule has 1 N–H and O–H groups in total. The van der Waals surface area contributed by atoms with Gasteiger partial charge in [0.1, 0.15) is 5.75 Å². The summed E-state index contributed by atoms with van der Waals surface area (Å²) in [6.45, 7) is 2.47. The molecular formula is C20H23NO5. The zero-order chi connectivity index (χ0) is 18.9. The van der Waals surface area contributed by atoms with Gasteiger partial charge < -0.3 is 24.3 Å². The van der Waals surface area contributed by atoms with Crippen LogP contribution < -0.4 is 24.3 Å². The third-order valence-corrected chi connectivity index (χ3v) is 3.56. The van der Waals surface area contributed by atoms with Gasteiger partial charge in [-0.2, -0.15) is 0 Å². The Morgan fingerprint density at radius 1 is 1.04 bits per heavy atom. The summed E-state index contributed by atoms with van der Waals surface area (Å²) in [4.78, 5) is 12.2. The quantitative estimate of drug-likeness (QED) is 0.729. The summed E-state index contributed by atoms with van der Waals surface area (Å²) in [5.74, 6) is 1.96. The maximum atomic E-state index is 12.2.